The summed E-state index contributed by atoms with van der Waals surface area (Å²) >= 11 is 0. The summed E-state index contributed by atoms with van der Waals surface area (Å²) in [6.45, 7) is 11.0. The number of unbranched alkanes of at least 4 members (excludes halogenated alkanes) is 12. The van der Waals surface area contributed by atoms with Crippen LogP contribution in [0.4, 0.5) is 4.79 Å². The lowest BCUT2D eigenvalue weighted by atomic mass is 9.94. The largest absolute Gasteiger partial charge is 0.326 e. The van der Waals surface area contributed by atoms with Gasteiger partial charge in [-0.15, -0.1) is 0 Å². The Morgan fingerprint density at radius 1 is 0.710 bits per heavy atom. The van der Waals surface area contributed by atoms with Crippen molar-refractivity contribution in [2.24, 2.45) is 0 Å². The van der Waals surface area contributed by atoms with Gasteiger partial charge in [-0.25, -0.2) is 9.69 Å². The van der Waals surface area contributed by atoms with E-state index in [2.05, 4.69) is 31.0 Å². The first kappa shape index (κ1) is 27.9. The van der Waals surface area contributed by atoms with Crippen molar-refractivity contribution in [2.45, 2.75) is 136 Å². The fourth-order valence-electron chi connectivity index (χ4n) is 4.46. The maximum absolute atomic E-state index is 13.1. The zero-order valence-electron chi connectivity index (χ0n) is 21.1. The molecule has 1 heterocycles. The second kappa shape index (κ2) is 16.5. The van der Waals surface area contributed by atoms with Crippen molar-refractivity contribution in [1.82, 2.24) is 15.1 Å². The van der Waals surface area contributed by atoms with Gasteiger partial charge in [0, 0.05) is 0 Å². The van der Waals surface area contributed by atoms with E-state index in [0.29, 0.717) is 6.67 Å². The Morgan fingerprint density at radius 2 is 1.16 bits per heavy atom. The molecular weight excluding hydrogens is 386 g/mol. The van der Waals surface area contributed by atoms with E-state index in [1.807, 2.05) is 6.92 Å². The smallest absolute Gasteiger partial charge is 0.323 e. The van der Waals surface area contributed by atoms with Gasteiger partial charge in [0.1, 0.15) is 5.54 Å². The molecule has 1 aliphatic rings. The molecule has 182 valence electrons. The first-order valence-electron chi connectivity index (χ1n) is 13.3. The highest BCUT2D eigenvalue weighted by Gasteiger charge is 2.47. The predicted octanol–water partition coefficient (Wildman–Crippen LogP) is 6.86. The summed E-state index contributed by atoms with van der Waals surface area (Å²) in [7, 11) is 0. The van der Waals surface area contributed by atoms with Crippen molar-refractivity contribution < 1.29 is 9.59 Å². The topological polar surface area (TPSA) is 52.7 Å². The van der Waals surface area contributed by atoms with Gasteiger partial charge < -0.3 is 5.32 Å². The fraction of sp³-hybridized carbons (Fsp3) is 0.923. The summed E-state index contributed by atoms with van der Waals surface area (Å²) in [5.74, 6) is -0.0319. The second-order valence-electron chi connectivity index (χ2n) is 9.75. The van der Waals surface area contributed by atoms with E-state index >= 15 is 0 Å². The summed E-state index contributed by atoms with van der Waals surface area (Å²) < 4.78 is 0. The highest BCUT2D eigenvalue weighted by atomic mass is 16.2. The number of urea groups is 1. The van der Waals surface area contributed by atoms with E-state index in [0.717, 1.165) is 45.2 Å². The molecule has 0 aromatic rings. The van der Waals surface area contributed by atoms with Crippen molar-refractivity contribution in [3.63, 3.8) is 0 Å². The number of carbonyl (C=O) groups excluding carboxylic acids is 2. The van der Waals surface area contributed by atoms with Gasteiger partial charge in [-0.1, -0.05) is 104 Å². The molecule has 0 aromatic heterocycles. The van der Waals surface area contributed by atoms with Crippen molar-refractivity contribution in [3.05, 3.63) is 0 Å². The maximum atomic E-state index is 13.1. The third-order valence-corrected chi connectivity index (χ3v) is 6.62. The first-order valence-corrected chi connectivity index (χ1v) is 13.3. The van der Waals surface area contributed by atoms with Gasteiger partial charge in [0.15, 0.2) is 0 Å². The van der Waals surface area contributed by atoms with E-state index in [1.165, 1.54) is 75.5 Å². The Kier molecular flexibility index (Phi) is 14.9. The lowest BCUT2D eigenvalue weighted by Crippen LogP contribution is -2.45. The lowest BCUT2D eigenvalue weighted by Gasteiger charge is -2.27. The van der Waals surface area contributed by atoms with Crippen LogP contribution in [0.1, 0.15) is 130 Å². The van der Waals surface area contributed by atoms with Crippen molar-refractivity contribution in [2.75, 3.05) is 19.8 Å². The van der Waals surface area contributed by atoms with Crippen molar-refractivity contribution in [3.8, 4) is 0 Å². The number of nitrogens with one attached hydrogen (secondary N) is 1. The van der Waals surface area contributed by atoms with E-state index in [9.17, 15) is 9.59 Å². The monoisotopic (exact) mass is 437 g/mol. The van der Waals surface area contributed by atoms with Crippen LogP contribution in [0, 0.1) is 0 Å². The molecule has 1 unspecified atom stereocenters. The molecule has 0 aliphatic carbocycles. The summed E-state index contributed by atoms with van der Waals surface area (Å²) in [5, 5.41) is 3.01. The zero-order valence-corrected chi connectivity index (χ0v) is 21.1. The Labute approximate surface area is 192 Å². The zero-order chi connectivity index (χ0) is 23.0. The second-order valence-corrected chi connectivity index (χ2v) is 9.75. The highest BCUT2D eigenvalue weighted by Crippen LogP contribution is 2.25. The third kappa shape index (κ3) is 10.9. The summed E-state index contributed by atoms with van der Waals surface area (Å²) in [4.78, 5) is 29.6. The molecule has 1 aliphatic heterocycles. The van der Waals surface area contributed by atoms with Crippen molar-refractivity contribution in [1.29, 1.82) is 0 Å². The number of rotatable bonds is 20. The van der Waals surface area contributed by atoms with Crippen LogP contribution in [0.15, 0.2) is 0 Å². The molecule has 1 N–H and O–H groups in total. The van der Waals surface area contributed by atoms with Gasteiger partial charge in [-0.3, -0.25) is 9.69 Å². The molecule has 0 bridgehead atoms. The predicted molar refractivity (Wildman–Crippen MR) is 131 cm³/mol. The quantitative estimate of drug-likeness (QED) is 0.167. The number of hydrogen-bond donors (Lipinski definition) is 1. The van der Waals surface area contributed by atoms with Crippen molar-refractivity contribution >= 4 is 11.9 Å². The van der Waals surface area contributed by atoms with Gasteiger partial charge in [-0.2, -0.15) is 0 Å². The average molecular weight is 438 g/mol. The van der Waals surface area contributed by atoms with Gasteiger partial charge in [0.05, 0.1) is 6.67 Å². The summed E-state index contributed by atoms with van der Waals surface area (Å²) in [5.41, 5.74) is -0.726. The SMILES string of the molecule is CCCCCCCCCC1(C)NC(=O)N(CN(CCCCCC)CCCCCC)C1=O. The number of amides is 3. The molecule has 0 spiro atoms. The third-order valence-electron chi connectivity index (χ3n) is 6.62. The van der Waals surface area contributed by atoms with E-state index in [4.69, 9.17) is 0 Å². The van der Waals surface area contributed by atoms with Crippen LogP contribution in [-0.2, 0) is 4.79 Å². The van der Waals surface area contributed by atoms with Crippen LogP contribution in [0.25, 0.3) is 0 Å². The lowest BCUT2D eigenvalue weighted by molar-refractivity contribution is -0.132. The van der Waals surface area contributed by atoms with Gasteiger partial charge in [0.25, 0.3) is 5.91 Å². The van der Waals surface area contributed by atoms with Gasteiger partial charge in [0.2, 0.25) is 0 Å². The Hall–Kier alpha value is -1.10. The minimum absolute atomic E-state index is 0.0319. The van der Waals surface area contributed by atoms with Gasteiger partial charge >= 0.3 is 6.03 Å². The maximum Gasteiger partial charge on any atom is 0.326 e. The molecule has 5 heteroatoms. The molecule has 1 fully saturated rings. The summed E-state index contributed by atoms with van der Waals surface area (Å²) in [6.07, 6.45) is 19.0. The molecular formula is C26H51N3O2. The van der Waals surface area contributed by atoms with Gasteiger partial charge in [-0.05, 0) is 39.3 Å². The Morgan fingerprint density at radius 3 is 1.68 bits per heavy atom. The molecule has 1 saturated heterocycles. The average Bonchev–Trinajstić information content (AvgIpc) is 2.96. The van der Waals surface area contributed by atoms with Crippen LogP contribution in [0.3, 0.4) is 0 Å². The number of carbonyl (C=O) groups is 2. The van der Waals surface area contributed by atoms with E-state index < -0.39 is 5.54 Å². The number of hydrogen-bond acceptors (Lipinski definition) is 3. The van der Waals surface area contributed by atoms with Crippen LogP contribution in [-0.4, -0.2) is 47.0 Å². The molecule has 0 aromatic carbocycles. The van der Waals surface area contributed by atoms with Crippen LogP contribution in [0.2, 0.25) is 0 Å². The minimum Gasteiger partial charge on any atom is -0.323 e. The standard InChI is InChI=1S/C26H51N3O2/c1-5-8-11-14-15-16-17-20-26(4)24(30)29(25(31)27-26)23-28(21-18-12-9-6-2)22-19-13-10-7-3/h5-23H2,1-4H3,(H,27,31). The molecule has 1 atom stereocenters. The van der Waals surface area contributed by atoms with Crippen LogP contribution < -0.4 is 5.32 Å². The number of imide groups is 1. The molecule has 1 rings (SSSR count). The van der Waals surface area contributed by atoms with E-state index in [1.54, 1.807) is 0 Å². The minimum atomic E-state index is -0.726. The molecule has 3 amide bonds. The van der Waals surface area contributed by atoms with Crippen LogP contribution >= 0.6 is 0 Å². The molecule has 5 nitrogen and oxygen atoms in total. The fourth-order valence-corrected chi connectivity index (χ4v) is 4.46. The van der Waals surface area contributed by atoms with E-state index in [-0.39, 0.29) is 11.9 Å². The molecule has 31 heavy (non-hydrogen) atoms. The molecule has 0 saturated carbocycles. The molecule has 0 radical (unpaired) electrons. The number of nitrogens with zero attached hydrogens (tertiary/aromatic N) is 2. The first-order chi connectivity index (χ1) is 15.0. The Balaban J connectivity index is 2.52. The normalized spacial score (nSPS) is 18.9. The van der Waals surface area contributed by atoms with Crippen LogP contribution in [0.5, 0.6) is 0 Å². The highest BCUT2D eigenvalue weighted by molar-refractivity contribution is 6.06. The summed E-state index contributed by atoms with van der Waals surface area (Å²) in [6, 6.07) is -0.206. The Bertz CT molecular complexity index is 485.